The largest absolute Gasteiger partial charge is 0.454 e. The first-order valence-corrected chi connectivity index (χ1v) is 10.3. The van der Waals surface area contributed by atoms with Gasteiger partial charge in [-0.1, -0.05) is 12.1 Å². The highest BCUT2D eigenvalue weighted by atomic mass is 32.2. The lowest BCUT2D eigenvalue weighted by Gasteiger charge is -2.29. The Morgan fingerprint density at radius 2 is 1.81 bits per heavy atom. The van der Waals surface area contributed by atoms with Crippen molar-refractivity contribution in [2.24, 2.45) is 0 Å². The Bertz CT molecular complexity index is 988. The highest BCUT2D eigenvalue weighted by Crippen LogP contribution is 2.34. The fourth-order valence-corrected chi connectivity index (χ4v) is 4.18. The zero-order valence-corrected chi connectivity index (χ0v) is 16.5. The molecule has 144 valence electrons. The van der Waals surface area contributed by atoms with Gasteiger partial charge in [-0.25, -0.2) is 8.42 Å². The van der Waals surface area contributed by atoms with Gasteiger partial charge in [0.25, 0.3) is 0 Å². The number of hydrogen-bond acceptors (Lipinski definition) is 5. The third kappa shape index (κ3) is 4.00. The SMILES string of the molecule is Cc1ccc(C)c(N([C@H](C)C(=O)Nc2ccc3c(c2)OCO3)S(C)(=O)=O)c1. The van der Waals surface area contributed by atoms with Gasteiger partial charge in [-0.05, 0) is 50.1 Å². The van der Waals surface area contributed by atoms with Crippen molar-refractivity contribution in [1.82, 2.24) is 0 Å². The second-order valence-corrected chi connectivity index (χ2v) is 8.44. The summed E-state index contributed by atoms with van der Waals surface area (Å²) >= 11 is 0. The van der Waals surface area contributed by atoms with Crippen LogP contribution in [0.5, 0.6) is 11.5 Å². The van der Waals surface area contributed by atoms with Gasteiger partial charge in [0.05, 0.1) is 11.9 Å². The van der Waals surface area contributed by atoms with Crippen molar-refractivity contribution in [2.75, 3.05) is 22.7 Å². The predicted molar refractivity (Wildman–Crippen MR) is 104 cm³/mol. The number of benzene rings is 2. The first-order valence-electron chi connectivity index (χ1n) is 8.44. The van der Waals surface area contributed by atoms with E-state index in [0.29, 0.717) is 22.9 Å². The fourth-order valence-electron chi connectivity index (χ4n) is 2.96. The lowest BCUT2D eigenvalue weighted by molar-refractivity contribution is -0.116. The van der Waals surface area contributed by atoms with E-state index in [0.717, 1.165) is 21.7 Å². The van der Waals surface area contributed by atoms with Gasteiger partial charge in [-0.3, -0.25) is 9.10 Å². The van der Waals surface area contributed by atoms with Crippen LogP contribution in [0.2, 0.25) is 0 Å². The second-order valence-electron chi connectivity index (χ2n) is 6.58. The van der Waals surface area contributed by atoms with Crippen molar-refractivity contribution >= 4 is 27.3 Å². The second kappa shape index (κ2) is 7.11. The van der Waals surface area contributed by atoms with Crippen molar-refractivity contribution in [3.8, 4) is 11.5 Å². The first-order chi connectivity index (χ1) is 12.7. The van der Waals surface area contributed by atoms with Crippen molar-refractivity contribution in [2.45, 2.75) is 26.8 Å². The van der Waals surface area contributed by atoms with Crippen LogP contribution < -0.4 is 19.1 Å². The molecule has 1 heterocycles. The number of aryl methyl sites for hydroxylation is 2. The summed E-state index contributed by atoms with van der Waals surface area (Å²) in [5, 5.41) is 2.75. The van der Waals surface area contributed by atoms with Crippen LogP contribution in [-0.2, 0) is 14.8 Å². The van der Waals surface area contributed by atoms with E-state index in [1.165, 1.54) is 0 Å². The number of nitrogens with zero attached hydrogens (tertiary/aromatic N) is 1. The van der Waals surface area contributed by atoms with Crippen molar-refractivity contribution < 1.29 is 22.7 Å². The number of carbonyl (C=O) groups is 1. The lowest BCUT2D eigenvalue weighted by atomic mass is 10.1. The average Bonchev–Trinajstić information content (AvgIpc) is 3.04. The Hall–Kier alpha value is -2.74. The number of nitrogens with one attached hydrogen (secondary N) is 1. The monoisotopic (exact) mass is 390 g/mol. The molecule has 2 aromatic carbocycles. The topological polar surface area (TPSA) is 84.9 Å². The van der Waals surface area contributed by atoms with E-state index in [1.807, 2.05) is 26.0 Å². The highest BCUT2D eigenvalue weighted by molar-refractivity contribution is 7.92. The van der Waals surface area contributed by atoms with Crippen LogP contribution >= 0.6 is 0 Å². The lowest BCUT2D eigenvalue weighted by Crippen LogP contribution is -2.45. The molecule has 0 aromatic heterocycles. The van der Waals surface area contributed by atoms with E-state index in [4.69, 9.17) is 9.47 Å². The third-order valence-electron chi connectivity index (χ3n) is 4.33. The van der Waals surface area contributed by atoms with Crippen LogP contribution in [0.25, 0.3) is 0 Å². The van der Waals surface area contributed by atoms with Gasteiger partial charge in [0.15, 0.2) is 11.5 Å². The normalized spacial score (nSPS) is 13.9. The van der Waals surface area contributed by atoms with Gasteiger partial charge in [-0.15, -0.1) is 0 Å². The number of carbonyl (C=O) groups excluding carboxylic acids is 1. The molecule has 27 heavy (non-hydrogen) atoms. The van der Waals surface area contributed by atoms with E-state index >= 15 is 0 Å². The summed E-state index contributed by atoms with van der Waals surface area (Å²) in [5.41, 5.74) is 2.68. The van der Waals surface area contributed by atoms with Crippen LogP contribution in [0, 0.1) is 13.8 Å². The van der Waals surface area contributed by atoms with Crippen molar-refractivity contribution in [3.05, 3.63) is 47.5 Å². The molecule has 1 atom stereocenters. The third-order valence-corrected chi connectivity index (χ3v) is 5.56. The van der Waals surface area contributed by atoms with E-state index in [2.05, 4.69) is 5.32 Å². The summed E-state index contributed by atoms with van der Waals surface area (Å²) < 4.78 is 36.6. The molecule has 0 radical (unpaired) electrons. The Morgan fingerprint density at radius 3 is 2.52 bits per heavy atom. The Kier molecular flexibility index (Phi) is 5.01. The van der Waals surface area contributed by atoms with Crippen LogP contribution in [-0.4, -0.2) is 33.4 Å². The molecule has 0 bridgehead atoms. The molecular weight excluding hydrogens is 368 g/mol. The van der Waals surface area contributed by atoms with Crippen LogP contribution in [0.15, 0.2) is 36.4 Å². The highest BCUT2D eigenvalue weighted by Gasteiger charge is 2.30. The number of sulfonamides is 1. The van der Waals surface area contributed by atoms with Gasteiger partial charge in [0.1, 0.15) is 6.04 Å². The number of ether oxygens (including phenoxy) is 2. The van der Waals surface area contributed by atoms with Gasteiger partial charge in [0.2, 0.25) is 22.7 Å². The minimum atomic E-state index is -3.68. The summed E-state index contributed by atoms with van der Waals surface area (Å²) in [6, 6.07) is 9.59. The van der Waals surface area contributed by atoms with Gasteiger partial charge in [-0.2, -0.15) is 0 Å². The Labute approximate surface area is 158 Å². The number of rotatable bonds is 5. The molecule has 7 nitrogen and oxygen atoms in total. The summed E-state index contributed by atoms with van der Waals surface area (Å²) in [4.78, 5) is 12.8. The van der Waals surface area contributed by atoms with Crippen LogP contribution in [0.3, 0.4) is 0 Å². The molecule has 0 spiro atoms. The predicted octanol–water partition coefficient (Wildman–Crippen LogP) is 2.83. The molecule has 3 rings (SSSR count). The maximum Gasteiger partial charge on any atom is 0.247 e. The number of hydrogen-bond donors (Lipinski definition) is 1. The van der Waals surface area contributed by atoms with Crippen LogP contribution in [0.4, 0.5) is 11.4 Å². The molecule has 1 aliphatic heterocycles. The molecule has 0 unspecified atom stereocenters. The standard InChI is InChI=1S/C19H22N2O5S/c1-12-5-6-13(2)16(9-12)21(27(4,23)24)14(3)19(22)20-15-7-8-17-18(10-15)26-11-25-17/h5-10,14H,11H2,1-4H3,(H,20,22)/t14-/m1/s1. The first kappa shape index (κ1) is 19.0. The molecule has 0 aliphatic carbocycles. The van der Waals surface area contributed by atoms with Crippen molar-refractivity contribution in [3.63, 3.8) is 0 Å². The minimum absolute atomic E-state index is 0.137. The summed E-state index contributed by atoms with van der Waals surface area (Å²) in [6.07, 6.45) is 1.10. The summed E-state index contributed by atoms with van der Waals surface area (Å²) in [6.45, 7) is 5.39. The van der Waals surface area contributed by atoms with Gasteiger partial charge in [0, 0.05) is 11.8 Å². The van der Waals surface area contributed by atoms with Gasteiger partial charge >= 0.3 is 0 Å². The molecular formula is C19H22N2O5S. The summed E-state index contributed by atoms with van der Waals surface area (Å²) in [5.74, 6) is 0.698. The molecule has 2 aromatic rings. The minimum Gasteiger partial charge on any atom is -0.454 e. The fraction of sp³-hybridized carbons (Fsp3) is 0.316. The Morgan fingerprint density at radius 1 is 1.11 bits per heavy atom. The van der Waals surface area contributed by atoms with Gasteiger partial charge < -0.3 is 14.8 Å². The zero-order valence-electron chi connectivity index (χ0n) is 15.6. The molecule has 0 saturated heterocycles. The smallest absolute Gasteiger partial charge is 0.247 e. The number of amides is 1. The van der Waals surface area contributed by atoms with Crippen molar-refractivity contribution in [1.29, 1.82) is 0 Å². The van der Waals surface area contributed by atoms with Crippen LogP contribution in [0.1, 0.15) is 18.1 Å². The maximum atomic E-state index is 12.8. The van der Waals surface area contributed by atoms with E-state index in [9.17, 15) is 13.2 Å². The molecule has 0 fully saturated rings. The molecule has 1 aliphatic rings. The summed E-state index contributed by atoms with van der Waals surface area (Å²) in [7, 11) is -3.68. The van der Waals surface area contributed by atoms with E-state index in [-0.39, 0.29) is 6.79 Å². The van der Waals surface area contributed by atoms with E-state index in [1.54, 1.807) is 31.2 Å². The average molecular weight is 390 g/mol. The zero-order chi connectivity index (χ0) is 19.8. The van der Waals surface area contributed by atoms with E-state index < -0.39 is 22.0 Å². The number of anilines is 2. The quantitative estimate of drug-likeness (QED) is 0.849. The molecule has 0 saturated carbocycles. The Balaban J connectivity index is 1.89. The molecule has 1 N–H and O–H groups in total. The maximum absolute atomic E-state index is 12.8. The molecule has 8 heteroatoms. The molecule has 1 amide bonds. The number of fused-ring (bicyclic) bond motifs is 1.